The maximum atomic E-state index is 5.25. The monoisotopic (exact) mass is 547 g/mol. The Labute approximate surface area is 202 Å². The van der Waals surface area contributed by atoms with E-state index in [4.69, 9.17) is 4.98 Å². The SMILES string of the molecule is Brc1ccc2nc([P+](c3ccccc3)(c3ccccc3)c3ccccc3)ccc2c1.[Br-]. The lowest BCUT2D eigenvalue weighted by Crippen LogP contribution is -3.00. The van der Waals surface area contributed by atoms with Crippen LogP contribution in [0, 0.1) is 0 Å². The van der Waals surface area contributed by atoms with Crippen molar-refractivity contribution in [1.29, 1.82) is 0 Å². The van der Waals surface area contributed by atoms with Gasteiger partial charge in [-0.1, -0.05) is 70.5 Å². The molecule has 0 unspecified atom stereocenters. The highest BCUT2D eigenvalue weighted by Crippen LogP contribution is 2.53. The Bertz CT molecular complexity index is 1200. The molecule has 0 bridgehead atoms. The van der Waals surface area contributed by atoms with Crippen molar-refractivity contribution >= 4 is 55.4 Å². The van der Waals surface area contributed by atoms with Crippen LogP contribution in [0.1, 0.15) is 0 Å². The van der Waals surface area contributed by atoms with Crippen molar-refractivity contribution in [3.05, 3.63) is 126 Å². The molecular formula is C27H20Br2NP. The third-order valence-corrected chi connectivity index (χ3v) is 10.1. The van der Waals surface area contributed by atoms with Gasteiger partial charge in [-0.25, -0.2) is 4.98 Å². The van der Waals surface area contributed by atoms with Crippen LogP contribution < -0.4 is 38.3 Å². The van der Waals surface area contributed by atoms with Gasteiger partial charge in [-0.3, -0.25) is 0 Å². The summed E-state index contributed by atoms with van der Waals surface area (Å²) in [4.78, 5) is 5.25. The number of nitrogens with zero attached hydrogens (tertiary/aromatic N) is 1. The highest BCUT2D eigenvalue weighted by Gasteiger charge is 2.49. The number of fused-ring (bicyclic) bond motifs is 1. The standard InChI is InChI=1S/C27H20BrNP.BrH/c28-22-17-18-26-21(20-22)16-19-27(29-26)30(23-10-4-1-5-11-23,24-12-6-2-7-13-24)25-14-8-3-9-15-25;/h1-20H;1H/q+1;/p-1. The first kappa shape index (κ1) is 21.9. The van der Waals surface area contributed by atoms with Gasteiger partial charge in [-0.2, -0.15) is 0 Å². The molecule has 0 saturated heterocycles. The van der Waals surface area contributed by atoms with E-state index in [9.17, 15) is 0 Å². The molecule has 5 rings (SSSR count). The van der Waals surface area contributed by atoms with E-state index in [1.165, 1.54) is 15.9 Å². The largest absolute Gasteiger partial charge is 1.00 e. The third-order valence-electron chi connectivity index (χ3n) is 5.41. The van der Waals surface area contributed by atoms with E-state index >= 15 is 0 Å². The first-order valence-corrected chi connectivity index (χ1v) is 12.5. The molecule has 4 heteroatoms. The number of hydrogen-bond acceptors (Lipinski definition) is 1. The summed E-state index contributed by atoms with van der Waals surface area (Å²) in [5.41, 5.74) is 2.14. The van der Waals surface area contributed by atoms with Gasteiger partial charge < -0.3 is 17.0 Å². The maximum Gasteiger partial charge on any atom is 0.198 e. The lowest BCUT2D eigenvalue weighted by atomic mass is 10.2. The summed E-state index contributed by atoms with van der Waals surface area (Å²) >= 11 is 3.58. The lowest BCUT2D eigenvalue weighted by Gasteiger charge is -2.26. The Balaban J connectivity index is 0.00000231. The highest BCUT2D eigenvalue weighted by molar-refractivity contribution is 9.10. The van der Waals surface area contributed by atoms with Gasteiger partial charge >= 0.3 is 0 Å². The summed E-state index contributed by atoms with van der Waals surface area (Å²) in [7, 11) is -2.14. The van der Waals surface area contributed by atoms with Crippen molar-refractivity contribution in [2.24, 2.45) is 0 Å². The Kier molecular flexibility index (Phi) is 6.67. The zero-order valence-electron chi connectivity index (χ0n) is 16.7. The fourth-order valence-electron chi connectivity index (χ4n) is 4.07. The molecule has 4 aromatic carbocycles. The van der Waals surface area contributed by atoms with Gasteiger partial charge in [0.2, 0.25) is 0 Å². The molecule has 1 nitrogen and oxygen atoms in total. The highest BCUT2D eigenvalue weighted by atomic mass is 79.9. The van der Waals surface area contributed by atoms with Crippen molar-refractivity contribution < 1.29 is 17.0 Å². The van der Waals surface area contributed by atoms with Crippen LogP contribution in [0.5, 0.6) is 0 Å². The van der Waals surface area contributed by atoms with E-state index < -0.39 is 7.26 Å². The molecule has 1 aromatic heterocycles. The predicted molar refractivity (Wildman–Crippen MR) is 134 cm³/mol. The van der Waals surface area contributed by atoms with Crippen molar-refractivity contribution in [3.63, 3.8) is 0 Å². The fraction of sp³-hybridized carbons (Fsp3) is 0. The minimum Gasteiger partial charge on any atom is -1.00 e. The van der Waals surface area contributed by atoms with Gasteiger partial charge in [0.25, 0.3) is 0 Å². The maximum absolute atomic E-state index is 5.25. The Morgan fingerprint density at radius 3 is 1.52 bits per heavy atom. The summed E-state index contributed by atoms with van der Waals surface area (Å²) in [6.45, 7) is 0. The van der Waals surface area contributed by atoms with Gasteiger partial charge in [0, 0.05) is 15.9 Å². The zero-order chi connectivity index (χ0) is 20.4. The second-order valence-electron chi connectivity index (χ2n) is 7.18. The molecule has 152 valence electrons. The van der Waals surface area contributed by atoms with Gasteiger partial charge in [0.1, 0.15) is 15.9 Å². The van der Waals surface area contributed by atoms with Crippen LogP contribution in [-0.4, -0.2) is 4.98 Å². The molecule has 0 spiro atoms. The van der Waals surface area contributed by atoms with E-state index in [1.807, 2.05) is 0 Å². The van der Waals surface area contributed by atoms with Crippen LogP contribution in [0.2, 0.25) is 0 Å². The first-order valence-electron chi connectivity index (χ1n) is 9.91. The predicted octanol–water partition coefficient (Wildman–Crippen LogP) is 2.62. The van der Waals surface area contributed by atoms with E-state index in [1.54, 1.807) is 0 Å². The van der Waals surface area contributed by atoms with Crippen molar-refractivity contribution in [2.45, 2.75) is 0 Å². The van der Waals surface area contributed by atoms with E-state index in [0.29, 0.717) is 0 Å². The summed E-state index contributed by atoms with van der Waals surface area (Å²) in [6, 6.07) is 43.3. The molecule has 0 aliphatic rings. The number of benzene rings is 4. The van der Waals surface area contributed by atoms with Crippen LogP contribution in [0.25, 0.3) is 10.9 Å². The molecule has 0 aliphatic heterocycles. The quantitative estimate of drug-likeness (QED) is 0.315. The van der Waals surface area contributed by atoms with Crippen molar-refractivity contribution in [2.75, 3.05) is 0 Å². The molecule has 31 heavy (non-hydrogen) atoms. The van der Waals surface area contributed by atoms with Crippen molar-refractivity contribution in [3.8, 4) is 0 Å². The second-order valence-corrected chi connectivity index (χ2v) is 11.4. The van der Waals surface area contributed by atoms with Gasteiger partial charge in [-0.15, -0.1) is 0 Å². The number of pyridine rings is 1. The number of aromatic nitrogens is 1. The van der Waals surface area contributed by atoms with Crippen LogP contribution in [0.3, 0.4) is 0 Å². The first-order chi connectivity index (χ1) is 14.8. The van der Waals surface area contributed by atoms with Crippen LogP contribution in [0.15, 0.2) is 126 Å². The lowest BCUT2D eigenvalue weighted by molar-refractivity contribution is -0.00000561. The molecule has 5 aromatic rings. The Hall–Kier alpha value is -2.32. The molecule has 0 radical (unpaired) electrons. The topological polar surface area (TPSA) is 12.9 Å². The number of rotatable bonds is 4. The molecule has 0 amide bonds. The van der Waals surface area contributed by atoms with Crippen molar-refractivity contribution in [1.82, 2.24) is 4.98 Å². The van der Waals surface area contributed by atoms with Gasteiger partial charge in [-0.05, 0) is 60.7 Å². The number of halogens is 2. The smallest absolute Gasteiger partial charge is 0.198 e. The Morgan fingerprint density at radius 1 is 0.548 bits per heavy atom. The molecule has 0 fully saturated rings. The van der Waals surface area contributed by atoms with Crippen LogP contribution >= 0.6 is 23.2 Å². The van der Waals surface area contributed by atoms with Gasteiger partial charge in [0.05, 0.1) is 5.52 Å². The molecule has 0 N–H and O–H groups in total. The summed E-state index contributed by atoms with van der Waals surface area (Å²) < 4.78 is 1.07. The molecular weight excluding hydrogens is 529 g/mol. The number of hydrogen-bond donors (Lipinski definition) is 0. The molecule has 0 atom stereocenters. The summed E-state index contributed by atoms with van der Waals surface area (Å²) in [5.74, 6) is 0. The molecule has 1 heterocycles. The molecule has 0 saturated carbocycles. The van der Waals surface area contributed by atoms with E-state index in [0.717, 1.165) is 20.8 Å². The molecule has 0 aliphatic carbocycles. The summed E-state index contributed by atoms with van der Waals surface area (Å²) in [6.07, 6.45) is 0. The minimum atomic E-state index is -2.14. The Morgan fingerprint density at radius 2 is 1.03 bits per heavy atom. The minimum absolute atomic E-state index is 0. The van der Waals surface area contributed by atoms with Gasteiger partial charge in [0.15, 0.2) is 12.7 Å². The second kappa shape index (κ2) is 9.44. The van der Waals surface area contributed by atoms with Crippen LogP contribution in [0.4, 0.5) is 0 Å². The third kappa shape index (κ3) is 3.99. The van der Waals surface area contributed by atoms with E-state index in [2.05, 4.69) is 137 Å². The normalized spacial score (nSPS) is 11.1. The average Bonchev–Trinajstić information content (AvgIpc) is 2.82. The fourth-order valence-corrected chi connectivity index (χ4v) is 8.55. The van der Waals surface area contributed by atoms with Crippen LogP contribution in [-0.2, 0) is 0 Å². The average molecular weight is 549 g/mol. The summed E-state index contributed by atoms with van der Waals surface area (Å²) in [5, 5.41) is 5.07. The zero-order valence-corrected chi connectivity index (χ0v) is 20.8. The van der Waals surface area contributed by atoms with E-state index in [-0.39, 0.29) is 17.0 Å².